The monoisotopic (exact) mass is 363 g/mol. The van der Waals surface area contributed by atoms with Crippen LogP contribution in [0.15, 0.2) is 30.3 Å². The van der Waals surface area contributed by atoms with Crippen molar-refractivity contribution >= 4 is 18.3 Å². The van der Waals surface area contributed by atoms with Crippen molar-refractivity contribution in [2.45, 2.75) is 32.7 Å². The lowest BCUT2D eigenvalue weighted by atomic mass is 10.2. The number of methoxy groups -OCH3 is 1. The highest BCUT2D eigenvalue weighted by Gasteiger charge is 2.19. The van der Waals surface area contributed by atoms with Gasteiger partial charge in [-0.05, 0) is 63.6 Å². The number of nitrogens with one attached hydrogen (secondary N) is 2. The van der Waals surface area contributed by atoms with Gasteiger partial charge < -0.3 is 19.9 Å². The highest BCUT2D eigenvalue weighted by atomic mass is 35.5. The van der Waals surface area contributed by atoms with Crippen molar-refractivity contribution in [1.82, 2.24) is 15.2 Å². The van der Waals surface area contributed by atoms with Crippen molar-refractivity contribution in [3.05, 3.63) is 47.3 Å². The van der Waals surface area contributed by atoms with Gasteiger partial charge >= 0.3 is 0 Å². The minimum absolute atomic E-state index is 0. The van der Waals surface area contributed by atoms with Crippen molar-refractivity contribution < 1.29 is 9.53 Å². The molecule has 2 N–H and O–H groups in total. The summed E-state index contributed by atoms with van der Waals surface area (Å²) >= 11 is 0. The van der Waals surface area contributed by atoms with Crippen molar-refractivity contribution in [3.8, 4) is 11.4 Å². The number of carbonyl (C=O) groups excluding carboxylic acids is 1. The van der Waals surface area contributed by atoms with Crippen LogP contribution in [0.25, 0.3) is 5.69 Å². The zero-order valence-electron chi connectivity index (χ0n) is 15.0. The molecule has 6 heteroatoms. The lowest BCUT2D eigenvalue weighted by molar-refractivity contribution is 0.0949. The lowest BCUT2D eigenvalue weighted by Gasteiger charge is -2.12. The molecule has 2 heterocycles. The second-order valence-corrected chi connectivity index (χ2v) is 6.32. The van der Waals surface area contributed by atoms with Crippen LogP contribution in [0.3, 0.4) is 0 Å². The topological polar surface area (TPSA) is 55.3 Å². The minimum Gasteiger partial charge on any atom is -0.497 e. The van der Waals surface area contributed by atoms with E-state index in [0.717, 1.165) is 41.4 Å². The predicted octanol–water partition coefficient (Wildman–Crippen LogP) is 3.01. The Morgan fingerprint density at radius 1 is 1.32 bits per heavy atom. The highest BCUT2D eigenvalue weighted by molar-refractivity contribution is 5.96. The van der Waals surface area contributed by atoms with Gasteiger partial charge in [-0.3, -0.25) is 4.79 Å². The molecule has 1 fully saturated rings. The molecule has 0 radical (unpaired) electrons. The Morgan fingerprint density at radius 3 is 2.64 bits per heavy atom. The first-order valence-corrected chi connectivity index (χ1v) is 8.45. The number of hydrogen-bond donors (Lipinski definition) is 2. The van der Waals surface area contributed by atoms with Crippen LogP contribution in [0.2, 0.25) is 0 Å². The molecule has 0 bridgehead atoms. The second-order valence-electron chi connectivity index (χ2n) is 6.32. The van der Waals surface area contributed by atoms with Crippen LogP contribution in [-0.2, 0) is 0 Å². The molecule has 1 atom stereocenters. The summed E-state index contributed by atoms with van der Waals surface area (Å²) in [6.45, 7) is 5.74. The molecular formula is C19H26ClN3O2. The number of halogens is 1. The average molecular weight is 364 g/mol. The highest BCUT2D eigenvalue weighted by Crippen LogP contribution is 2.22. The van der Waals surface area contributed by atoms with E-state index in [-0.39, 0.29) is 18.3 Å². The largest absolute Gasteiger partial charge is 0.497 e. The number of hydrogen-bond acceptors (Lipinski definition) is 3. The van der Waals surface area contributed by atoms with Crippen molar-refractivity contribution in [2.75, 3.05) is 20.2 Å². The van der Waals surface area contributed by atoms with E-state index in [9.17, 15) is 4.79 Å². The molecule has 1 unspecified atom stereocenters. The molecule has 0 saturated carbocycles. The summed E-state index contributed by atoms with van der Waals surface area (Å²) in [5.74, 6) is 0.819. The molecular weight excluding hydrogens is 338 g/mol. The zero-order valence-corrected chi connectivity index (χ0v) is 15.8. The molecule has 1 aliphatic rings. The third-order valence-electron chi connectivity index (χ3n) is 4.68. The molecule has 1 aromatic heterocycles. The molecule has 1 amide bonds. The van der Waals surface area contributed by atoms with Crippen molar-refractivity contribution in [3.63, 3.8) is 0 Å². The molecule has 25 heavy (non-hydrogen) atoms. The van der Waals surface area contributed by atoms with E-state index in [1.165, 1.54) is 6.42 Å². The number of rotatable bonds is 5. The van der Waals surface area contributed by atoms with Gasteiger partial charge in [0.15, 0.2) is 0 Å². The molecule has 1 saturated heterocycles. The number of carbonyl (C=O) groups is 1. The van der Waals surface area contributed by atoms with Gasteiger partial charge in [-0.25, -0.2) is 0 Å². The Hall–Kier alpha value is -1.98. The van der Waals surface area contributed by atoms with Crippen LogP contribution in [0.4, 0.5) is 0 Å². The van der Waals surface area contributed by atoms with Gasteiger partial charge in [0.05, 0.1) is 12.7 Å². The molecule has 3 rings (SSSR count). The van der Waals surface area contributed by atoms with Crippen LogP contribution in [0, 0.1) is 13.8 Å². The molecule has 0 aliphatic carbocycles. The maximum Gasteiger partial charge on any atom is 0.253 e. The van der Waals surface area contributed by atoms with Crippen LogP contribution in [-0.4, -0.2) is 36.7 Å². The summed E-state index contributed by atoms with van der Waals surface area (Å²) in [7, 11) is 1.66. The predicted molar refractivity (Wildman–Crippen MR) is 102 cm³/mol. The number of nitrogens with zero attached hydrogens (tertiary/aromatic N) is 1. The Bertz CT molecular complexity index is 719. The van der Waals surface area contributed by atoms with Crippen LogP contribution < -0.4 is 15.4 Å². The normalized spacial score (nSPS) is 16.4. The van der Waals surface area contributed by atoms with Gasteiger partial charge in [-0.15, -0.1) is 12.4 Å². The first-order chi connectivity index (χ1) is 11.6. The SMILES string of the molecule is COc1ccc(-n2c(C)cc(C(=O)NCC3CCCN3)c2C)cc1.Cl. The van der Waals surface area contributed by atoms with E-state index >= 15 is 0 Å². The van der Waals surface area contributed by atoms with E-state index in [1.807, 2.05) is 44.2 Å². The summed E-state index contributed by atoms with van der Waals surface area (Å²) < 4.78 is 7.31. The number of amides is 1. The average Bonchev–Trinajstić information content (AvgIpc) is 3.21. The Morgan fingerprint density at radius 2 is 2.04 bits per heavy atom. The van der Waals surface area contributed by atoms with Crippen LogP contribution in [0.5, 0.6) is 5.75 Å². The summed E-state index contributed by atoms with van der Waals surface area (Å²) in [6, 6.07) is 10.2. The smallest absolute Gasteiger partial charge is 0.253 e. The van der Waals surface area contributed by atoms with Gasteiger partial charge in [0.1, 0.15) is 5.75 Å². The molecule has 1 aliphatic heterocycles. The van der Waals surface area contributed by atoms with E-state index in [4.69, 9.17) is 4.74 Å². The molecule has 5 nitrogen and oxygen atoms in total. The fraction of sp³-hybridized carbons (Fsp3) is 0.421. The van der Waals surface area contributed by atoms with Crippen LogP contribution >= 0.6 is 12.4 Å². The van der Waals surface area contributed by atoms with Crippen molar-refractivity contribution in [2.24, 2.45) is 0 Å². The van der Waals surface area contributed by atoms with Gasteiger partial charge in [0.2, 0.25) is 0 Å². The summed E-state index contributed by atoms with van der Waals surface area (Å²) in [5, 5.41) is 6.46. The standard InChI is InChI=1S/C19H25N3O2.ClH/c1-13-11-18(19(23)21-12-15-5-4-10-20-15)14(2)22(13)16-6-8-17(24-3)9-7-16;/h6-9,11,15,20H,4-5,10,12H2,1-3H3,(H,21,23);1H. The fourth-order valence-electron chi connectivity index (χ4n) is 3.36. The van der Waals surface area contributed by atoms with Gasteiger partial charge in [0.25, 0.3) is 5.91 Å². The first-order valence-electron chi connectivity index (χ1n) is 8.45. The molecule has 2 aromatic rings. The van der Waals surface area contributed by atoms with E-state index in [1.54, 1.807) is 7.11 Å². The summed E-state index contributed by atoms with van der Waals surface area (Å²) in [4.78, 5) is 12.5. The number of aryl methyl sites for hydroxylation is 1. The zero-order chi connectivity index (χ0) is 17.1. The first kappa shape index (κ1) is 19.3. The molecule has 136 valence electrons. The third kappa shape index (κ3) is 4.17. The Balaban J connectivity index is 0.00000225. The Labute approximate surface area is 155 Å². The lowest BCUT2D eigenvalue weighted by Crippen LogP contribution is -2.37. The minimum atomic E-state index is -0.00318. The molecule has 0 spiro atoms. The van der Waals surface area contributed by atoms with E-state index in [0.29, 0.717) is 12.6 Å². The fourth-order valence-corrected chi connectivity index (χ4v) is 3.36. The summed E-state index contributed by atoms with van der Waals surface area (Å²) in [5.41, 5.74) is 3.76. The van der Waals surface area contributed by atoms with Gasteiger partial charge in [0, 0.05) is 29.7 Å². The van der Waals surface area contributed by atoms with Gasteiger partial charge in [-0.1, -0.05) is 0 Å². The Kier molecular flexibility index (Phi) is 6.51. The number of aromatic nitrogens is 1. The molecule has 1 aromatic carbocycles. The second kappa shape index (κ2) is 8.41. The number of ether oxygens (including phenoxy) is 1. The van der Waals surface area contributed by atoms with E-state index in [2.05, 4.69) is 15.2 Å². The third-order valence-corrected chi connectivity index (χ3v) is 4.68. The quantitative estimate of drug-likeness (QED) is 0.858. The maximum atomic E-state index is 12.5. The van der Waals surface area contributed by atoms with Crippen molar-refractivity contribution in [1.29, 1.82) is 0 Å². The number of benzene rings is 1. The van der Waals surface area contributed by atoms with Gasteiger partial charge in [-0.2, -0.15) is 0 Å². The maximum absolute atomic E-state index is 12.5. The summed E-state index contributed by atoms with van der Waals surface area (Å²) in [6.07, 6.45) is 2.32. The van der Waals surface area contributed by atoms with Crippen LogP contribution in [0.1, 0.15) is 34.6 Å². The van der Waals surface area contributed by atoms with E-state index < -0.39 is 0 Å².